The van der Waals surface area contributed by atoms with Crippen LogP contribution in [-0.2, 0) is 13.0 Å². The average Bonchev–Trinajstić information content (AvgIpc) is 2.78. The van der Waals surface area contributed by atoms with Crippen LogP contribution in [0.1, 0.15) is 27.8 Å². The van der Waals surface area contributed by atoms with Gasteiger partial charge in [-0.25, -0.2) is 0 Å². The number of rotatable bonds is 8. The third-order valence-corrected chi connectivity index (χ3v) is 5.17. The van der Waals surface area contributed by atoms with Crippen LogP contribution >= 0.6 is 11.6 Å². The van der Waals surface area contributed by atoms with Gasteiger partial charge in [-0.15, -0.1) is 6.58 Å². The monoisotopic (exact) mass is 429 g/mol. The van der Waals surface area contributed by atoms with Gasteiger partial charge in [0.15, 0.2) is 11.5 Å². The molecule has 3 aromatic carbocycles. The molecule has 0 fully saturated rings. The number of halogens is 1. The minimum absolute atomic E-state index is 0.430. The molecule has 4 heteroatoms. The number of ether oxygens (including phenoxy) is 2. The number of aryl methyl sites for hydroxylation is 1. The molecule has 0 radical (unpaired) electrons. The zero-order valence-electron chi connectivity index (χ0n) is 17.7. The molecule has 0 heterocycles. The summed E-state index contributed by atoms with van der Waals surface area (Å²) < 4.78 is 11.8. The molecule has 0 aliphatic rings. The van der Waals surface area contributed by atoms with Crippen LogP contribution in [-0.4, -0.2) is 7.11 Å². The van der Waals surface area contributed by atoms with E-state index in [0.717, 1.165) is 16.7 Å². The second kappa shape index (κ2) is 10.5. The fourth-order valence-electron chi connectivity index (χ4n) is 3.25. The van der Waals surface area contributed by atoms with Crippen molar-refractivity contribution in [2.45, 2.75) is 20.0 Å². The summed E-state index contributed by atoms with van der Waals surface area (Å²) in [5, 5.41) is 10.2. The van der Waals surface area contributed by atoms with E-state index < -0.39 is 0 Å². The van der Waals surface area contributed by atoms with E-state index in [4.69, 9.17) is 21.1 Å². The summed E-state index contributed by atoms with van der Waals surface area (Å²) >= 11 is 6.29. The van der Waals surface area contributed by atoms with Crippen LogP contribution in [0, 0.1) is 18.3 Å². The van der Waals surface area contributed by atoms with Gasteiger partial charge in [-0.05, 0) is 48.7 Å². The highest BCUT2D eigenvalue weighted by atomic mass is 35.5. The predicted molar refractivity (Wildman–Crippen MR) is 127 cm³/mol. The molecule has 0 saturated carbocycles. The summed E-state index contributed by atoms with van der Waals surface area (Å²) in [5.41, 5.74) is 5.21. The first-order chi connectivity index (χ1) is 15.0. The lowest BCUT2D eigenvalue weighted by atomic mass is 10.0. The second-order valence-corrected chi connectivity index (χ2v) is 7.54. The molecular formula is C27H24ClNO2. The highest BCUT2D eigenvalue weighted by Crippen LogP contribution is 2.36. The number of hydrogen-bond donors (Lipinski definition) is 0. The topological polar surface area (TPSA) is 42.2 Å². The molecule has 31 heavy (non-hydrogen) atoms. The van der Waals surface area contributed by atoms with E-state index in [1.165, 1.54) is 5.56 Å². The van der Waals surface area contributed by atoms with Crippen molar-refractivity contribution in [1.82, 2.24) is 0 Å². The van der Waals surface area contributed by atoms with Gasteiger partial charge >= 0.3 is 0 Å². The molecule has 0 saturated heterocycles. The molecule has 0 bridgehead atoms. The van der Waals surface area contributed by atoms with E-state index in [1.807, 2.05) is 36.4 Å². The number of allylic oxidation sites excluding steroid dienone is 2. The van der Waals surface area contributed by atoms with Crippen molar-refractivity contribution in [3.8, 4) is 17.6 Å². The van der Waals surface area contributed by atoms with Crippen molar-refractivity contribution in [1.29, 1.82) is 5.26 Å². The lowest BCUT2D eigenvalue weighted by molar-refractivity contribution is 0.282. The number of nitrogens with zero attached hydrogens (tertiary/aromatic N) is 1. The number of methoxy groups -OCH3 is 1. The SMILES string of the molecule is C=CCc1cc(C=C(C#N)c2ccccc2Cl)cc(OC)c1OCc1ccc(C)cc1. The Bertz CT molecular complexity index is 1140. The van der Waals surface area contributed by atoms with E-state index in [9.17, 15) is 5.26 Å². The molecule has 0 aliphatic carbocycles. The molecule has 0 aliphatic heterocycles. The smallest absolute Gasteiger partial charge is 0.165 e. The number of nitriles is 1. The third-order valence-electron chi connectivity index (χ3n) is 4.84. The van der Waals surface area contributed by atoms with Crippen LogP contribution in [0.3, 0.4) is 0 Å². The molecule has 156 valence electrons. The molecule has 0 unspecified atom stereocenters. The van der Waals surface area contributed by atoms with Crippen molar-refractivity contribution >= 4 is 23.3 Å². The van der Waals surface area contributed by atoms with Gasteiger partial charge in [-0.1, -0.05) is 65.7 Å². The molecule has 0 atom stereocenters. The molecule has 0 amide bonds. The van der Waals surface area contributed by atoms with Crippen molar-refractivity contribution in [2.75, 3.05) is 7.11 Å². The van der Waals surface area contributed by atoms with Crippen molar-refractivity contribution in [3.63, 3.8) is 0 Å². The minimum atomic E-state index is 0.430. The predicted octanol–water partition coefficient (Wildman–Crippen LogP) is 7.03. The van der Waals surface area contributed by atoms with E-state index in [1.54, 1.807) is 19.3 Å². The number of hydrogen-bond acceptors (Lipinski definition) is 3. The van der Waals surface area contributed by atoms with Gasteiger partial charge < -0.3 is 9.47 Å². The van der Waals surface area contributed by atoms with Gasteiger partial charge in [0.2, 0.25) is 0 Å². The summed E-state index contributed by atoms with van der Waals surface area (Å²) in [6.45, 7) is 6.35. The molecule has 3 nitrogen and oxygen atoms in total. The quantitative estimate of drug-likeness (QED) is 0.219. The highest BCUT2D eigenvalue weighted by molar-refractivity contribution is 6.32. The molecule has 0 spiro atoms. The van der Waals surface area contributed by atoms with Gasteiger partial charge in [0.1, 0.15) is 6.61 Å². The van der Waals surface area contributed by atoms with Crippen molar-refractivity contribution in [3.05, 3.63) is 106 Å². The Labute approximate surface area is 188 Å². The van der Waals surface area contributed by atoms with E-state index >= 15 is 0 Å². The Balaban J connectivity index is 1.99. The summed E-state index contributed by atoms with van der Waals surface area (Å²) in [4.78, 5) is 0. The largest absolute Gasteiger partial charge is 0.493 e. The first-order valence-corrected chi connectivity index (χ1v) is 10.3. The van der Waals surface area contributed by atoms with Gasteiger partial charge in [-0.2, -0.15) is 5.26 Å². The van der Waals surface area contributed by atoms with E-state index in [0.29, 0.717) is 40.7 Å². The van der Waals surface area contributed by atoms with Crippen molar-refractivity contribution < 1.29 is 9.47 Å². The maximum Gasteiger partial charge on any atom is 0.165 e. The van der Waals surface area contributed by atoms with Crippen LogP contribution in [0.2, 0.25) is 5.02 Å². The van der Waals surface area contributed by atoms with Gasteiger partial charge in [0.25, 0.3) is 0 Å². The molecular weight excluding hydrogens is 406 g/mol. The van der Waals surface area contributed by atoms with Crippen LogP contribution in [0.15, 0.2) is 73.3 Å². The van der Waals surface area contributed by atoms with Crippen LogP contribution in [0.5, 0.6) is 11.5 Å². The normalized spacial score (nSPS) is 11.0. The van der Waals surface area contributed by atoms with Gasteiger partial charge in [0, 0.05) is 16.1 Å². The first-order valence-electron chi connectivity index (χ1n) is 9.92. The zero-order chi connectivity index (χ0) is 22.2. The highest BCUT2D eigenvalue weighted by Gasteiger charge is 2.14. The standard InChI is InChI=1S/C27H24ClNO2/c1-4-7-22-14-21(15-23(17-29)24-8-5-6-9-25(24)28)16-26(30-3)27(22)31-18-20-12-10-19(2)11-13-20/h4-6,8-16H,1,7,18H2,2-3H3. The first kappa shape index (κ1) is 22.2. The van der Waals surface area contributed by atoms with Crippen LogP contribution < -0.4 is 9.47 Å². The summed E-state index contributed by atoms with van der Waals surface area (Å²) in [5.74, 6) is 1.28. The van der Waals surface area contributed by atoms with E-state index in [-0.39, 0.29) is 0 Å². The van der Waals surface area contributed by atoms with Gasteiger partial charge in [-0.3, -0.25) is 0 Å². The fourth-order valence-corrected chi connectivity index (χ4v) is 3.48. The zero-order valence-corrected chi connectivity index (χ0v) is 18.4. The lowest BCUT2D eigenvalue weighted by Crippen LogP contribution is -2.02. The van der Waals surface area contributed by atoms with E-state index in [2.05, 4.69) is 43.8 Å². The number of benzene rings is 3. The Kier molecular flexibility index (Phi) is 7.54. The summed E-state index contributed by atoms with van der Waals surface area (Å²) in [6, 6.07) is 21.6. The Hall–Kier alpha value is -3.48. The van der Waals surface area contributed by atoms with Crippen molar-refractivity contribution in [2.24, 2.45) is 0 Å². The lowest BCUT2D eigenvalue weighted by Gasteiger charge is -2.16. The molecule has 0 aromatic heterocycles. The Morgan fingerprint density at radius 1 is 1.13 bits per heavy atom. The Morgan fingerprint density at radius 3 is 2.52 bits per heavy atom. The third kappa shape index (κ3) is 5.57. The second-order valence-electron chi connectivity index (χ2n) is 7.13. The molecule has 3 aromatic rings. The van der Waals surface area contributed by atoms with Crippen LogP contribution in [0.4, 0.5) is 0 Å². The molecule has 0 N–H and O–H groups in total. The average molecular weight is 430 g/mol. The maximum absolute atomic E-state index is 9.70. The summed E-state index contributed by atoms with van der Waals surface area (Å²) in [6.07, 6.45) is 4.23. The molecule has 3 rings (SSSR count). The maximum atomic E-state index is 9.70. The van der Waals surface area contributed by atoms with Gasteiger partial charge in [0.05, 0.1) is 18.8 Å². The summed E-state index contributed by atoms with van der Waals surface area (Å²) in [7, 11) is 1.61. The van der Waals surface area contributed by atoms with Crippen LogP contribution in [0.25, 0.3) is 11.6 Å². The fraction of sp³-hybridized carbons (Fsp3) is 0.148. The Morgan fingerprint density at radius 2 is 1.87 bits per heavy atom. The minimum Gasteiger partial charge on any atom is -0.493 e.